The molecule has 0 fully saturated rings. The average molecular weight is 331 g/mol. The van der Waals surface area contributed by atoms with Crippen LogP contribution in [0.3, 0.4) is 0 Å². The van der Waals surface area contributed by atoms with E-state index in [0.29, 0.717) is 11.3 Å². The summed E-state index contributed by atoms with van der Waals surface area (Å²) in [6.07, 6.45) is 0. The third-order valence-corrected chi connectivity index (χ3v) is 4.48. The smallest absolute Gasteiger partial charge is 0.323 e. The number of fused-ring (bicyclic) bond motifs is 4. The molecule has 5 nitrogen and oxygen atoms in total. The first-order valence-corrected chi connectivity index (χ1v) is 7.21. The van der Waals surface area contributed by atoms with E-state index >= 15 is 0 Å². The van der Waals surface area contributed by atoms with Crippen LogP contribution in [0.4, 0.5) is 14.5 Å². The third kappa shape index (κ3) is 1.72. The molecule has 2 aliphatic heterocycles. The Morgan fingerprint density at radius 1 is 1.21 bits per heavy atom. The number of carboxylic acids is 1. The molecule has 0 aromatic heterocycles. The zero-order valence-electron chi connectivity index (χ0n) is 12.3. The van der Waals surface area contributed by atoms with Crippen molar-refractivity contribution in [3.63, 3.8) is 0 Å². The van der Waals surface area contributed by atoms with Gasteiger partial charge in [0.1, 0.15) is 24.3 Å². The van der Waals surface area contributed by atoms with Gasteiger partial charge in [-0.25, -0.2) is 8.78 Å². The van der Waals surface area contributed by atoms with Crippen LogP contribution in [0, 0.1) is 11.6 Å². The van der Waals surface area contributed by atoms with E-state index in [2.05, 4.69) is 0 Å². The molecule has 1 unspecified atom stereocenters. The summed E-state index contributed by atoms with van der Waals surface area (Å²) in [4.78, 5) is 25.3. The highest BCUT2D eigenvalue weighted by atomic mass is 19.2. The van der Waals surface area contributed by atoms with Gasteiger partial charge in [-0.3, -0.25) is 14.5 Å². The molecule has 2 aromatic rings. The number of ether oxygens (including phenoxy) is 1. The number of anilines is 1. The Labute approximate surface area is 135 Å². The van der Waals surface area contributed by atoms with Crippen molar-refractivity contribution in [3.8, 4) is 5.75 Å². The molecule has 2 heterocycles. The van der Waals surface area contributed by atoms with Gasteiger partial charge in [0, 0.05) is 17.3 Å². The fourth-order valence-electron chi connectivity index (χ4n) is 3.46. The van der Waals surface area contributed by atoms with Crippen LogP contribution in [0.25, 0.3) is 0 Å². The number of hydrogen-bond acceptors (Lipinski definition) is 3. The van der Waals surface area contributed by atoms with Crippen LogP contribution >= 0.6 is 0 Å². The molecule has 122 valence electrons. The SMILES string of the molecule is O=C(O)CN1C(=O)C2(COc3cc(F)c(F)cc32)c2ccccc21. The van der Waals surface area contributed by atoms with Crippen molar-refractivity contribution >= 4 is 17.6 Å². The number of rotatable bonds is 2. The van der Waals surface area contributed by atoms with Crippen molar-refractivity contribution < 1.29 is 28.2 Å². The molecule has 0 radical (unpaired) electrons. The number of nitrogens with zero attached hydrogens (tertiary/aromatic N) is 1. The van der Waals surface area contributed by atoms with E-state index < -0.39 is 35.5 Å². The number of carbonyl (C=O) groups excluding carboxylic acids is 1. The number of carbonyl (C=O) groups is 2. The minimum Gasteiger partial charge on any atom is -0.491 e. The number of benzene rings is 2. The van der Waals surface area contributed by atoms with Gasteiger partial charge in [0.25, 0.3) is 0 Å². The lowest BCUT2D eigenvalue weighted by Crippen LogP contribution is -2.44. The Bertz CT molecular complexity index is 898. The Balaban J connectivity index is 1.96. The zero-order valence-corrected chi connectivity index (χ0v) is 12.3. The average Bonchev–Trinajstić information content (AvgIpc) is 3.01. The topological polar surface area (TPSA) is 66.8 Å². The van der Waals surface area contributed by atoms with Crippen LogP contribution in [0.15, 0.2) is 36.4 Å². The second-order valence-corrected chi connectivity index (χ2v) is 5.76. The highest BCUT2D eigenvalue weighted by Gasteiger charge is 2.57. The molecule has 0 bridgehead atoms. The Kier molecular flexibility index (Phi) is 2.90. The van der Waals surface area contributed by atoms with Gasteiger partial charge in [0.05, 0.1) is 0 Å². The Morgan fingerprint density at radius 2 is 1.92 bits per heavy atom. The van der Waals surface area contributed by atoms with E-state index in [9.17, 15) is 18.4 Å². The van der Waals surface area contributed by atoms with E-state index in [-0.39, 0.29) is 17.9 Å². The van der Waals surface area contributed by atoms with E-state index in [1.165, 1.54) is 0 Å². The predicted molar refractivity (Wildman–Crippen MR) is 79.1 cm³/mol. The number of carboxylic acid groups (broad SMARTS) is 1. The molecule has 1 atom stereocenters. The maximum Gasteiger partial charge on any atom is 0.323 e. The molecule has 2 aromatic carbocycles. The second-order valence-electron chi connectivity index (χ2n) is 5.76. The van der Waals surface area contributed by atoms with E-state index in [0.717, 1.165) is 17.0 Å². The van der Waals surface area contributed by atoms with Gasteiger partial charge in [0.2, 0.25) is 5.91 Å². The summed E-state index contributed by atoms with van der Waals surface area (Å²) in [6.45, 7) is -0.645. The van der Waals surface area contributed by atoms with Crippen molar-refractivity contribution in [2.24, 2.45) is 0 Å². The van der Waals surface area contributed by atoms with Crippen molar-refractivity contribution in [1.82, 2.24) is 0 Å². The van der Waals surface area contributed by atoms with Crippen molar-refractivity contribution in [2.75, 3.05) is 18.1 Å². The summed E-state index contributed by atoms with van der Waals surface area (Å²) in [5, 5.41) is 9.09. The highest BCUT2D eigenvalue weighted by molar-refractivity contribution is 6.13. The lowest BCUT2D eigenvalue weighted by atomic mass is 9.77. The molecular formula is C17H11F2NO4. The summed E-state index contributed by atoms with van der Waals surface area (Å²) in [7, 11) is 0. The molecule has 1 amide bonds. The molecule has 2 aliphatic rings. The molecule has 1 spiro atoms. The Morgan fingerprint density at radius 3 is 2.67 bits per heavy atom. The number of halogens is 2. The normalized spacial score (nSPS) is 20.9. The largest absolute Gasteiger partial charge is 0.491 e. The molecular weight excluding hydrogens is 320 g/mol. The minimum absolute atomic E-state index is 0.0919. The molecule has 4 rings (SSSR count). The van der Waals surface area contributed by atoms with Crippen LogP contribution in [0.5, 0.6) is 5.75 Å². The quantitative estimate of drug-likeness (QED) is 0.915. The number of aliphatic carboxylic acids is 1. The fourth-order valence-corrected chi connectivity index (χ4v) is 3.46. The summed E-state index contributed by atoms with van der Waals surface area (Å²) in [6, 6.07) is 8.56. The summed E-state index contributed by atoms with van der Waals surface area (Å²) in [5.74, 6) is -3.74. The van der Waals surface area contributed by atoms with Gasteiger partial charge in [-0.2, -0.15) is 0 Å². The molecule has 1 N–H and O–H groups in total. The summed E-state index contributed by atoms with van der Waals surface area (Å²) in [5.41, 5.74) is -0.172. The predicted octanol–water partition coefficient (Wildman–Crippen LogP) is 2.07. The number of hydrogen-bond donors (Lipinski definition) is 1. The second kappa shape index (κ2) is 4.77. The highest BCUT2D eigenvalue weighted by Crippen LogP contribution is 2.52. The first-order valence-electron chi connectivity index (χ1n) is 7.21. The van der Waals surface area contributed by atoms with Crippen molar-refractivity contribution in [3.05, 3.63) is 59.2 Å². The van der Waals surface area contributed by atoms with E-state index in [1.807, 2.05) is 0 Å². The van der Waals surface area contributed by atoms with Crippen LogP contribution < -0.4 is 9.64 Å². The molecule has 0 saturated heterocycles. The minimum atomic E-state index is -1.35. The summed E-state index contributed by atoms with van der Waals surface area (Å²) >= 11 is 0. The lowest BCUT2D eigenvalue weighted by molar-refractivity contribution is -0.137. The van der Waals surface area contributed by atoms with E-state index in [1.54, 1.807) is 24.3 Å². The monoisotopic (exact) mass is 331 g/mol. The third-order valence-electron chi connectivity index (χ3n) is 4.48. The van der Waals surface area contributed by atoms with Gasteiger partial charge in [0.15, 0.2) is 11.6 Å². The van der Waals surface area contributed by atoms with Crippen LogP contribution in [0.1, 0.15) is 11.1 Å². The van der Waals surface area contributed by atoms with E-state index in [4.69, 9.17) is 9.84 Å². The van der Waals surface area contributed by atoms with Crippen LogP contribution in [0.2, 0.25) is 0 Å². The van der Waals surface area contributed by atoms with Crippen LogP contribution in [-0.4, -0.2) is 30.1 Å². The maximum atomic E-state index is 13.8. The zero-order chi connectivity index (χ0) is 17.1. The van der Waals surface area contributed by atoms with Gasteiger partial charge in [-0.05, 0) is 17.7 Å². The van der Waals surface area contributed by atoms with Gasteiger partial charge in [-0.1, -0.05) is 18.2 Å². The van der Waals surface area contributed by atoms with Gasteiger partial charge >= 0.3 is 5.97 Å². The van der Waals surface area contributed by atoms with Crippen molar-refractivity contribution in [2.45, 2.75) is 5.41 Å². The lowest BCUT2D eigenvalue weighted by Gasteiger charge is -2.22. The molecule has 24 heavy (non-hydrogen) atoms. The Hall–Kier alpha value is -2.96. The molecule has 7 heteroatoms. The first kappa shape index (κ1) is 14.6. The maximum absolute atomic E-state index is 13.8. The summed E-state index contributed by atoms with van der Waals surface area (Å²) < 4.78 is 32.7. The van der Waals surface area contributed by atoms with Gasteiger partial charge in [-0.15, -0.1) is 0 Å². The number of para-hydroxylation sites is 1. The standard InChI is InChI=1S/C17H11F2NO4/c18-11-5-10-14(6-12(11)19)24-8-17(10)9-3-1-2-4-13(9)20(16(17)23)7-15(21)22/h1-6H,7-8H2,(H,21,22). The first-order chi connectivity index (χ1) is 11.4. The van der Waals surface area contributed by atoms with Crippen LogP contribution in [-0.2, 0) is 15.0 Å². The number of amides is 1. The van der Waals surface area contributed by atoms with Gasteiger partial charge < -0.3 is 9.84 Å². The fraction of sp³-hybridized carbons (Fsp3) is 0.176. The molecule has 0 aliphatic carbocycles. The molecule has 0 saturated carbocycles. The van der Waals surface area contributed by atoms with Crippen molar-refractivity contribution in [1.29, 1.82) is 0 Å².